The smallest absolute Gasteiger partial charge is 0.118 e. The Morgan fingerprint density at radius 2 is 1.74 bits per heavy atom. The number of ether oxygens (including phenoxy) is 1. The van der Waals surface area contributed by atoms with E-state index in [1.807, 2.05) is 12.1 Å². The SMILES string of the molecule is COc1ccc(CCN2CCN([C@@H]3CCCC[C@@H]3O)CC2)cc1. The summed E-state index contributed by atoms with van der Waals surface area (Å²) in [5.74, 6) is 0.924. The van der Waals surface area contributed by atoms with Crippen LogP contribution in [0.1, 0.15) is 31.2 Å². The maximum atomic E-state index is 10.2. The molecule has 1 N–H and O–H groups in total. The van der Waals surface area contributed by atoms with E-state index in [2.05, 4.69) is 21.9 Å². The number of hydrogen-bond donors (Lipinski definition) is 1. The molecule has 0 unspecified atom stereocenters. The fraction of sp³-hybridized carbons (Fsp3) is 0.684. The van der Waals surface area contributed by atoms with Crippen molar-refractivity contribution in [2.75, 3.05) is 39.8 Å². The van der Waals surface area contributed by atoms with Crippen molar-refractivity contribution in [2.45, 2.75) is 44.2 Å². The van der Waals surface area contributed by atoms with Gasteiger partial charge in [0.05, 0.1) is 13.2 Å². The quantitative estimate of drug-likeness (QED) is 0.902. The average molecular weight is 318 g/mol. The highest BCUT2D eigenvalue weighted by Crippen LogP contribution is 2.24. The molecule has 0 amide bonds. The maximum Gasteiger partial charge on any atom is 0.118 e. The third-order valence-corrected chi connectivity index (χ3v) is 5.45. The lowest BCUT2D eigenvalue weighted by Crippen LogP contribution is -2.54. The van der Waals surface area contributed by atoms with Crippen LogP contribution in [0.4, 0.5) is 0 Å². The van der Waals surface area contributed by atoms with Gasteiger partial charge in [-0.05, 0) is 37.0 Å². The van der Waals surface area contributed by atoms with Crippen LogP contribution in [0.5, 0.6) is 5.75 Å². The second-order valence-corrected chi connectivity index (χ2v) is 6.89. The minimum absolute atomic E-state index is 0.102. The molecule has 1 saturated heterocycles. The molecule has 0 spiro atoms. The molecule has 1 aromatic carbocycles. The van der Waals surface area contributed by atoms with Crippen molar-refractivity contribution < 1.29 is 9.84 Å². The molecule has 1 saturated carbocycles. The number of aliphatic hydroxyl groups is 1. The van der Waals surface area contributed by atoms with Crippen LogP contribution < -0.4 is 4.74 Å². The van der Waals surface area contributed by atoms with Crippen LogP contribution in [0.25, 0.3) is 0 Å². The van der Waals surface area contributed by atoms with Crippen molar-refractivity contribution in [3.05, 3.63) is 29.8 Å². The Balaban J connectivity index is 1.42. The second-order valence-electron chi connectivity index (χ2n) is 6.89. The van der Waals surface area contributed by atoms with E-state index in [-0.39, 0.29) is 6.10 Å². The summed E-state index contributed by atoms with van der Waals surface area (Å²) in [7, 11) is 1.71. The van der Waals surface area contributed by atoms with Gasteiger partial charge in [-0.3, -0.25) is 4.90 Å². The third-order valence-electron chi connectivity index (χ3n) is 5.45. The molecule has 1 heterocycles. The lowest BCUT2D eigenvalue weighted by atomic mass is 9.91. The number of piperazine rings is 1. The fourth-order valence-electron chi connectivity index (χ4n) is 3.92. The van der Waals surface area contributed by atoms with Crippen molar-refractivity contribution in [1.82, 2.24) is 9.80 Å². The summed E-state index contributed by atoms with van der Waals surface area (Å²) >= 11 is 0. The molecule has 128 valence electrons. The van der Waals surface area contributed by atoms with Gasteiger partial charge in [0.15, 0.2) is 0 Å². The van der Waals surface area contributed by atoms with Gasteiger partial charge in [-0.1, -0.05) is 25.0 Å². The predicted molar refractivity (Wildman–Crippen MR) is 93.0 cm³/mol. The highest BCUT2D eigenvalue weighted by Gasteiger charge is 2.30. The minimum atomic E-state index is -0.102. The summed E-state index contributed by atoms with van der Waals surface area (Å²) in [5.41, 5.74) is 1.37. The van der Waals surface area contributed by atoms with Gasteiger partial charge in [-0.2, -0.15) is 0 Å². The molecular formula is C19H30N2O2. The van der Waals surface area contributed by atoms with Crippen LogP contribution in [-0.2, 0) is 6.42 Å². The third kappa shape index (κ3) is 4.46. The number of hydrogen-bond acceptors (Lipinski definition) is 4. The predicted octanol–water partition coefficient (Wildman–Crippen LogP) is 2.16. The monoisotopic (exact) mass is 318 g/mol. The van der Waals surface area contributed by atoms with Gasteiger partial charge in [0.2, 0.25) is 0 Å². The highest BCUT2D eigenvalue weighted by molar-refractivity contribution is 5.27. The molecule has 1 aromatic rings. The summed E-state index contributed by atoms with van der Waals surface area (Å²) < 4.78 is 5.21. The van der Waals surface area contributed by atoms with Gasteiger partial charge in [0, 0.05) is 38.8 Å². The van der Waals surface area contributed by atoms with Crippen LogP contribution in [0.15, 0.2) is 24.3 Å². The highest BCUT2D eigenvalue weighted by atomic mass is 16.5. The molecule has 4 nitrogen and oxygen atoms in total. The number of benzene rings is 1. The molecule has 3 rings (SSSR count). The standard InChI is InChI=1S/C19H30N2O2/c1-23-17-8-6-16(7-9-17)10-11-20-12-14-21(15-13-20)18-4-2-3-5-19(18)22/h6-9,18-19,22H,2-5,10-15H2,1H3/t18-,19+/m1/s1. The molecule has 1 aliphatic carbocycles. The zero-order valence-electron chi connectivity index (χ0n) is 14.3. The summed E-state index contributed by atoms with van der Waals surface area (Å²) in [5, 5.41) is 10.2. The number of nitrogens with zero attached hydrogens (tertiary/aromatic N) is 2. The zero-order valence-corrected chi connectivity index (χ0v) is 14.3. The molecule has 23 heavy (non-hydrogen) atoms. The van der Waals surface area contributed by atoms with E-state index in [4.69, 9.17) is 4.74 Å². The van der Waals surface area contributed by atoms with Gasteiger partial charge in [0.1, 0.15) is 5.75 Å². The van der Waals surface area contributed by atoms with E-state index in [1.165, 1.54) is 24.8 Å². The summed E-state index contributed by atoms with van der Waals surface area (Å²) in [4.78, 5) is 5.07. The van der Waals surface area contributed by atoms with Gasteiger partial charge in [-0.25, -0.2) is 0 Å². The first-order valence-corrected chi connectivity index (χ1v) is 9.03. The molecule has 0 radical (unpaired) electrons. The Labute approximate surface area is 140 Å². The molecule has 1 aliphatic heterocycles. The van der Waals surface area contributed by atoms with E-state index in [9.17, 15) is 5.11 Å². The van der Waals surface area contributed by atoms with Crippen molar-refractivity contribution >= 4 is 0 Å². The summed E-state index contributed by atoms with van der Waals surface area (Å²) in [6, 6.07) is 8.81. The van der Waals surface area contributed by atoms with Crippen LogP contribution >= 0.6 is 0 Å². The van der Waals surface area contributed by atoms with Crippen molar-refractivity contribution in [1.29, 1.82) is 0 Å². The van der Waals surface area contributed by atoms with E-state index < -0.39 is 0 Å². The van der Waals surface area contributed by atoms with Crippen LogP contribution in [0.3, 0.4) is 0 Å². The number of methoxy groups -OCH3 is 1. The number of aliphatic hydroxyl groups excluding tert-OH is 1. The lowest BCUT2D eigenvalue weighted by molar-refractivity contribution is -0.00329. The first-order valence-electron chi connectivity index (χ1n) is 9.03. The van der Waals surface area contributed by atoms with E-state index in [0.717, 1.165) is 51.3 Å². The lowest BCUT2D eigenvalue weighted by Gasteiger charge is -2.42. The van der Waals surface area contributed by atoms with E-state index >= 15 is 0 Å². The largest absolute Gasteiger partial charge is 0.497 e. The molecule has 2 aliphatic rings. The Bertz CT molecular complexity index is 469. The minimum Gasteiger partial charge on any atom is -0.497 e. The molecule has 0 bridgehead atoms. The van der Waals surface area contributed by atoms with Crippen LogP contribution in [0.2, 0.25) is 0 Å². The molecule has 2 fully saturated rings. The molecule has 0 aromatic heterocycles. The first-order chi connectivity index (χ1) is 11.3. The molecule has 2 atom stereocenters. The fourth-order valence-corrected chi connectivity index (χ4v) is 3.92. The Kier molecular flexibility index (Phi) is 5.92. The topological polar surface area (TPSA) is 35.9 Å². The molecule has 4 heteroatoms. The number of rotatable bonds is 5. The zero-order chi connectivity index (χ0) is 16.1. The first kappa shape index (κ1) is 16.7. The van der Waals surface area contributed by atoms with Crippen LogP contribution in [-0.4, -0.2) is 66.9 Å². The normalized spacial score (nSPS) is 27.0. The van der Waals surface area contributed by atoms with Crippen LogP contribution in [0, 0.1) is 0 Å². The van der Waals surface area contributed by atoms with E-state index in [1.54, 1.807) is 7.11 Å². The second kappa shape index (κ2) is 8.13. The van der Waals surface area contributed by atoms with Crippen molar-refractivity contribution in [3.63, 3.8) is 0 Å². The maximum absolute atomic E-state index is 10.2. The van der Waals surface area contributed by atoms with E-state index in [0.29, 0.717) is 6.04 Å². The van der Waals surface area contributed by atoms with Gasteiger partial charge in [-0.15, -0.1) is 0 Å². The average Bonchev–Trinajstić information content (AvgIpc) is 2.61. The Hall–Kier alpha value is -1.10. The summed E-state index contributed by atoms with van der Waals surface area (Å²) in [6.45, 7) is 5.57. The van der Waals surface area contributed by atoms with Gasteiger partial charge < -0.3 is 14.7 Å². The summed E-state index contributed by atoms with van der Waals surface area (Å²) in [6.07, 6.45) is 5.62. The Morgan fingerprint density at radius 3 is 2.39 bits per heavy atom. The molecular weight excluding hydrogens is 288 g/mol. The Morgan fingerprint density at radius 1 is 1.04 bits per heavy atom. The van der Waals surface area contributed by atoms with Gasteiger partial charge in [0.25, 0.3) is 0 Å². The van der Waals surface area contributed by atoms with Crippen molar-refractivity contribution in [3.8, 4) is 5.75 Å². The van der Waals surface area contributed by atoms with Gasteiger partial charge >= 0.3 is 0 Å². The van der Waals surface area contributed by atoms with Crippen molar-refractivity contribution in [2.24, 2.45) is 0 Å².